The summed E-state index contributed by atoms with van der Waals surface area (Å²) in [4.78, 5) is 4.09. The van der Waals surface area contributed by atoms with Crippen molar-refractivity contribution in [3.05, 3.63) is 21.0 Å². The normalized spacial score (nSPS) is 10.7. The van der Waals surface area contributed by atoms with Crippen molar-refractivity contribution in [3.63, 3.8) is 0 Å². The molecule has 6 heteroatoms. The standard InChI is InChI=1S/C8H7BrF2INO/c1-14-6-5(7(10)11)2-4(3-9)13-8(6)12/h2,7H,3H2,1H3. The highest BCUT2D eigenvalue weighted by Gasteiger charge is 2.18. The Bertz CT molecular complexity index is 335. The largest absolute Gasteiger partial charge is 0.493 e. The van der Waals surface area contributed by atoms with E-state index in [0.29, 0.717) is 14.7 Å². The molecule has 78 valence electrons. The molecule has 0 unspecified atom stereocenters. The second kappa shape index (κ2) is 5.20. The highest BCUT2D eigenvalue weighted by atomic mass is 127. The summed E-state index contributed by atoms with van der Waals surface area (Å²) in [5.41, 5.74) is 0.465. The van der Waals surface area contributed by atoms with Crippen LogP contribution in [0.1, 0.15) is 17.7 Å². The van der Waals surface area contributed by atoms with Gasteiger partial charge >= 0.3 is 0 Å². The maximum absolute atomic E-state index is 12.6. The molecule has 0 aliphatic heterocycles. The fourth-order valence-corrected chi connectivity index (χ4v) is 2.13. The van der Waals surface area contributed by atoms with Gasteiger partial charge in [-0.2, -0.15) is 0 Å². The molecule has 0 saturated carbocycles. The van der Waals surface area contributed by atoms with Crippen LogP contribution in [0.3, 0.4) is 0 Å². The highest BCUT2D eigenvalue weighted by Crippen LogP contribution is 2.32. The van der Waals surface area contributed by atoms with Gasteiger partial charge in [0.1, 0.15) is 3.70 Å². The first-order chi connectivity index (χ1) is 6.60. The van der Waals surface area contributed by atoms with Crippen LogP contribution in [0.2, 0.25) is 0 Å². The molecule has 0 fully saturated rings. The number of nitrogens with zero attached hydrogens (tertiary/aromatic N) is 1. The minimum Gasteiger partial charge on any atom is -0.493 e. The van der Waals surface area contributed by atoms with E-state index in [-0.39, 0.29) is 11.3 Å². The molecule has 0 atom stereocenters. The second-order valence-corrected chi connectivity index (χ2v) is 4.04. The van der Waals surface area contributed by atoms with Gasteiger partial charge in [0, 0.05) is 5.33 Å². The second-order valence-electron chi connectivity index (χ2n) is 2.46. The fourth-order valence-electron chi connectivity index (χ4n) is 1.01. The van der Waals surface area contributed by atoms with Gasteiger partial charge in [-0.05, 0) is 28.7 Å². The minimum atomic E-state index is -2.54. The Balaban J connectivity index is 3.28. The van der Waals surface area contributed by atoms with Gasteiger partial charge in [-0.15, -0.1) is 0 Å². The molecule has 2 nitrogen and oxygen atoms in total. The van der Waals surface area contributed by atoms with Crippen LogP contribution < -0.4 is 4.74 Å². The first-order valence-corrected chi connectivity index (χ1v) is 5.87. The van der Waals surface area contributed by atoms with E-state index in [1.807, 2.05) is 22.6 Å². The molecule has 0 bridgehead atoms. The van der Waals surface area contributed by atoms with E-state index in [0.717, 1.165) is 0 Å². The third kappa shape index (κ3) is 2.53. The molecule has 0 aliphatic rings. The van der Waals surface area contributed by atoms with Crippen LogP contribution in [0.15, 0.2) is 6.07 Å². The maximum Gasteiger partial charge on any atom is 0.267 e. The van der Waals surface area contributed by atoms with E-state index in [1.54, 1.807) is 0 Å². The average molecular weight is 378 g/mol. The van der Waals surface area contributed by atoms with Gasteiger partial charge in [0.15, 0.2) is 5.75 Å². The van der Waals surface area contributed by atoms with Crippen molar-refractivity contribution in [1.29, 1.82) is 0 Å². The lowest BCUT2D eigenvalue weighted by Crippen LogP contribution is -2.00. The Hall–Kier alpha value is 0.0200. The van der Waals surface area contributed by atoms with E-state index < -0.39 is 6.43 Å². The predicted molar refractivity (Wildman–Crippen MR) is 61.1 cm³/mol. The van der Waals surface area contributed by atoms with Crippen LogP contribution in [0.25, 0.3) is 0 Å². The molecule has 0 aliphatic carbocycles. The molecular formula is C8H7BrF2INO. The third-order valence-electron chi connectivity index (χ3n) is 1.59. The number of aromatic nitrogens is 1. The van der Waals surface area contributed by atoms with E-state index >= 15 is 0 Å². The van der Waals surface area contributed by atoms with Crippen molar-refractivity contribution in [2.75, 3.05) is 7.11 Å². The first-order valence-electron chi connectivity index (χ1n) is 3.67. The first kappa shape index (κ1) is 12.1. The molecule has 14 heavy (non-hydrogen) atoms. The molecular weight excluding hydrogens is 371 g/mol. The van der Waals surface area contributed by atoms with Gasteiger partial charge < -0.3 is 4.74 Å². The number of alkyl halides is 3. The summed E-state index contributed by atoms with van der Waals surface area (Å²) < 4.78 is 30.5. The van der Waals surface area contributed by atoms with Gasteiger partial charge in [-0.3, -0.25) is 0 Å². The number of rotatable bonds is 3. The van der Waals surface area contributed by atoms with Gasteiger partial charge in [-0.25, -0.2) is 13.8 Å². The van der Waals surface area contributed by atoms with Crippen LogP contribution in [0.5, 0.6) is 5.75 Å². The quantitative estimate of drug-likeness (QED) is 0.456. The summed E-state index contributed by atoms with van der Waals surface area (Å²) >= 11 is 5.05. The van der Waals surface area contributed by atoms with E-state index in [2.05, 4.69) is 20.9 Å². The Labute approximate surface area is 102 Å². The number of ether oxygens (including phenoxy) is 1. The van der Waals surface area contributed by atoms with E-state index in [1.165, 1.54) is 13.2 Å². The SMILES string of the molecule is COc1c(C(F)F)cc(CBr)nc1I. The monoisotopic (exact) mass is 377 g/mol. The number of methoxy groups -OCH3 is 1. The van der Waals surface area contributed by atoms with E-state index in [4.69, 9.17) is 4.74 Å². The van der Waals surface area contributed by atoms with Crippen LogP contribution >= 0.6 is 38.5 Å². The molecule has 1 heterocycles. The average Bonchev–Trinajstić information content (AvgIpc) is 2.16. The maximum atomic E-state index is 12.6. The zero-order chi connectivity index (χ0) is 10.7. The summed E-state index contributed by atoms with van der Waals surface area (Å²) in [5, 5.41) is 0.451. The predicted octanol–water partition coefficient (Wildman–Crippen LogP) is 3.53. The minimum absolute atomic E-state index is 0.110. The number of halogens is 4. The van der Waals surface area contributed by atoms with Gasteiger partial charge in [-0.1, -0.05) is 15.9 Å². The molecule has 0 N–H and O–H groups in total. The summed E-state index contributed by atoms with van der Waals surface area (Å²) in [7, 11) is 1.36. The molecule has 0 aromatic carbocycles. The van der Waals surface area contributed by atoms with Crippen LogP contribution in [-0.2, 0) is 5.33 Å². The zero-order valence-electron chi connectivity index (χ0n) is 7.23. The van der Waals surface area contributed by atoms with Crippen LogP contribution in [0.4, 0.5) is 8.78 Å². The Morgan fingerprint density at radius 3 is 2.71 bits per heavy atom. The van der Waals surface area contributed by atoms with Gasteiger partial charge in [0.05, 0.1) is 18.4 Å². The lowest BCUT2D eigenvalue weighted by molar-refractivity contribution is 0.146. The van der Waals surface area contributed by atoms with Crippen molar-refractivity contribution >= 4 is 38.5 Å². The van der Waals surface area contributed by atoms with Gasteiger partial charge in [0.25, 0.3) is 6.43 Å². The van der Waals surface area contributed by atoms with Crippen LogP contribution in [-0.4, -0.2) is 12.1 Å². The molecule has 1 aromatic rings. The van der Waals surface area contributed by atoms with Crippen molar-refractivity contribution in [2.24, 2.45) is 0 Å². The Morgan fingerprint density at radius 1 is 1.64 bits per heavy atom. The van der Waals surface area contributed by atoms with Gasteiger partial charge in [0.2, 0.25) is 0 Å². The number of pyridine rings is 1. The highest BCUT2D eigenvalue weighted by molar-refractivity contribution is 14.1. The molecule has 0 spiro atoms. The summed E-state index contributed by atoms with van der Waals surface area (Å²) in [5.74, 6) is 0.158. The van der Waals surface area contributed by atoms with Crippen molar-refractivity contribution in [3.8, 4) is 5.75 Å². The molecule has 1 aromatic heterocycles. The smallest absolute Gasteiger partial charge is 0.267 e. The lowest BCUT2D eigenvalue weighted by Gasteiger charge is -2.10. The van der Waals surface area contributed by atoms with Crippen molar-refractivity contribution in [1.82, 2.24) is 4.98 Å². The molecule has 0 radical (unpaired) electrons. The number of hydrogen-bond acceptors (Lipinski definition) is 2. The van der Waals surface area contributed by atoms with Crippen molar-refractivity contribution < 1.29 is 13.5 Å². The molecule has 1 rings (SSSR count). The lowest BCUT2D eigenvalue weighted by atomic mass is 10.2. The Kier molecular flexibility index (Phi) is 4.49. The number of hydrogen-bond donors (Lipinski definition) is 0. The van der Waals surface area contributed by atoms with Crippen molar-refractivity contribution in [2.45, 2.75) is 11.8 Å². The molecule has 0 saturated heterocycles. The topological polar surface area (TPSA) is 22.1 Å². The molecule has 0 amide bonds. The fraction of sp³-hybridized carbons (Fsp3) is 0.375. The van der Waals surface area contributed by atoms with E-state index in [9.17, 15) is 8.78 Å². The summed E-state index contributed by atoms with van der Waals surface area (Å²) in [6, 6.07) is 1.35. The third-order valence-corrected chi connectivity index (χ3v) is 2.90. The van der Waals surface area contributed by atoms with Crippen LogP contribution in [0, 0.1) is 3.70 Å². The Morgan fingerprint density at radius 2 is 2.29 bits per heavy atom. The summed E-state index contributed by atoms with van der Waals surface area (Å²) in [6.07, 6.45) is -2.54. The zero-order valence-corrected chi connectivity index (χ0v) is 11.0. The summed E-state index contributed by atoms with van der Waals surface area (Å²) in [6.45, 7) is 0.